The first-order valence-electron chi connectivity index (χ1n) is 6.31. The maximum absolute atomic E-state index is 4.42. The van der Waals surface area contributed by atoms with Crippen LogP contribution in [0.2, 0.25) is 0 Å². The molecule has 0 unspecified atom stereocenters. The van der Waals surface area contributed by atoms with E-state index in [1.54, 1.807) is 0 Å². The van der Waals surface area contributed by atoms with Gasteiger partial charge in [-0.2, -0.15) is 4.57 Å². The minimum absolute atomic E-state index is 0. The maximum atomic E-state index is 4.42. The van der Waals surface area contributed by atoms with E-state index in [1.807, 2.05) is 24.4 Å². The highest BCUT2D eigenvalue weighted by Gasteiger charge is 2.16. The van der Waals surface area contributed by atoms with Gasteiger partial charge in [0.15, 0.2) is 11.0 Å². The Hall–Kier alpha value is -1.87. The van der Waals surface area contributed by atoms with E-state index in [0.717, 1.165) is 18.8 Å². The molecule has 0 aliphatic rings. The van der Waals surface area contributed by atoms with Crippen LogP contribution in [0.4, 0.5) is 0 Å². The largest absolute Gasteiger partial charge is 1.00 e. The lowest BCUT2D eigenvalue weighted by molar-refractivity contribution is -0.671. The number of hydrogen-bond donors (Lipinski definition) is 0. The quantitative estimate of drug-likeness (QED) is 0.602. The van der Waals surface area contributed by atoms with E-state index in [1.165, 1.54) is 11.0 Å². The molecule has 0 bridgehead atoms. The molecule has 2 heterocycles. The van der Waals surface area contributed by atoms with Crippen molar-refractivity contribution < 1.29 is 17.0 Å². The lowest BCUT2D eigenvalue weighted by Crippen LogP contribution is -3.00. The van der Waals surface area contributed by atoms with Gasteiger partial charge in [0.05, 0.1) is 6.54 Å². The molecular weight excluding hydrogens is 258 g/mol. The number of hydrogen-bond acceptors (Lipinski definition) is 1. The molecule has 0 spiro atoms. The van der Waals surface area contributed by atoms with Crippen molar-refractivity contribution in [1.29, 1.82) is 0 Å². The topological polar surface area (TPSA) is 21.7 Å². The first-order chi connectivity index (χ1) is 8.90. The summed E-state index contributed by atoms with van der Waals surface area (Å²) in [5.74, 6) is 0.962. The number of fused-ring (bicyclic) bond motifs is 1. The molecule has 19 heavy (non-hydrogen) atoms. The zero-order valence-electron chi connectivity index (χ0n) is 10.8. The van der Waals surface area contributed by atoms with Crippen LogP contribution in [0.25, 0.3) is 16.9 Å². The second-order valence-corrected chi connectivity index (χ2v) is 4.36. The van der Waals surface area contributed by atoms with E-state index in [9.17, 15) is 0 Å². The summed E-state index contributed by atoms with van der Waals surface area (Å²) in [6, 6.07) is 14.4. The molecule has 0 fully saturated rings. The number of nitrogens with zero attached hydrogens (tertiary/aromatic N) is 3. The molecule has 0 saturated heterocycles. The Morgan fingerprint density at radius 2 is 1.89 bits per heavy atom. The minimum Gasteiger partial charge on any atom is -1.00 e. The van der Waals surface area contributed by atoms with Gasteiger partial charge in [0.2, 0.25) is 5.82 Å². The molecule has 98 valence electrons. The van der Waals surface area contributed by atoms with Crippen molar-refractivity contribution in [3.63, 3.8) is 0 Å². The summed E-state index contributed by atoms with van der Waals surface area (Å²) in [6.45, 7) is 3.22. The first-order valence-corrected chi connectivity index (χ1v) is 6.31. The summed E-state index contributed by atoms with van der Waals surface area (Å²) < 4.78 is 4.43. The lowest BCUT2D eigenvalue weighted by atomic mass is 10.3. The average molecular weight is 274 g/mol. The standard InChI is InChI=1S/C15H16N3.ClH/c1-2-11-17-12-18(15-9-5-6-10-16-15)14-8-4-3-7-13(14)17;/h3-10,12H,2,11H2,1H3;1H/q+1;/p-1. The predicted molar refractivity (Wildman–Crippen MR) is 71.6 cm³/mol. The Labute approximate surface area is 118 Å². The average Bonchev–Trinajstić information content (AvgIpc) is 2.80. The van der Waals surface area contributed by atoms with Crippen LogP contribution in [0.1, 0.15) is 13.3 Å². The molecule has 0 atom stereocenters. The highest BCUT2D eigenvalue weighted by atomic mass is 35.5. The van der Waals surface area contributed by atoms with Gasteiger partial charge in [-0.05, 0) is 24.6 Å². The Kier molecular flexibility index (Phi) is 4.17. The molecule has 1 aromatic carbocycles. The number of para-hydroxylation sites is 2. The van der Waals surface area contributed by atoms with Gasteiger partial charge in [-0.15, -0.1) is 0 Å². The molecular formula is C15H16ClN3. The zero-order chi connectivity index (χ0) is 12.4. The van der Waals surface area contributed by atoms with Gasteiger partial charge in [0, 0.05) is 12.3 Å². The van der Waals surface area contributed by atoms with Crippen molar-refractivity contribution in [3.8, 4) is 5.82 Å². The highest BCUT2D eigenvalue weighted by molar-refractivity contribution is 5.73. The number of aromatic nitrogens is 3. The van der Waals surface area contributed by atoms with Gasteiger partial charge in [-0.3, -0.25) is 0 Å². The van der Waals surface area contributed by atoms with Gasteiger partial charge < -0.3 is 12.4 Å². The Balaban J connectivity index is 0.00000133. The van der Waals surface area contributed by atoms with Crippen LogP contribution in [0.3, 0.4) is 0 Å². The summed E-state index contributed by atoms with van der Waals surface area (Å²) >= 11 is 0. The van der Waals surface area contributed by atoms with Gasteiger partial charge in [0.1, 0.15) is 0 Å². The second kappa shape index (κ2) is 5.85. The van der Waals surface area contributed by atoms with Crippen molar-refractivity contribution in [2.45, 2.75) is 19.9 Å². The van der Waals surface area contributed by atoms with E-state index in [2.05, 4.69) is 51.6 Å². The molecule has 0 radical (unpaired) electrons. The lowest BCUT2D eigenvalue weighted by Gasteiger charge is -1.93. The van der Waals surface area contributed by atoms with Gasteiger partial charge in [-0.1, -0.05) is 25.1 Å². The summed E-state index contributed by atoms with van der Waals surface area (Å²) in [4.78, 5) is 4.42. The second-order valence-electron chi connectivity index (χ2n) is 4.36. The normalized spacial score (nSPS) is 10.4. The van der Waals surface area contributed by atoms with Crippen molar-refractivity contribution >= 4 is 11.0 Å². The Morgan fingerprint density at radius 3 is 2.63 bits per heavy atom. The van der Waals surface area contributed by atoms with E-state index in [4.69, 9.17) is 0 Å². The zero-order valence-corrected chi connectivity index (χ0v) is 11.6. The molecule has 0 amide bonds. The Morgan fingerprint density at radius 1 is 1.11 bits per heavy atom. The molecule has 3 rings (SSSR count). The molecule has 2 aromatic heterocycles. The number of imidazole rings is 1. The maximum Gasteiger partial charge on any atom is 0.251 e. The molecule has 3 nitrogen and oxygen atoms in total. The van der Waals surface area contributed by atoms with Crippen LogP contribution in [0.15, 0.2) is 55.0 Å². The molecule has 0 aliphatic carbocycles. The van der Waals surface area contributed by atoms with E-state index >= 15 is 0 Å². The van der Waals surface area contributed by atoms with Crippen molar-refractivity contribution in [2.24, 2.45) is 0 Å². The molecule has 0 aliphatic heterocycles. The van der Waals surface area contributed by atoms with E-state index in [-0.39, 0.29) is 12.4 Å². The number of aryl methyl sites for hydroxylation is 1. The summed E-state index contributed by atoms with van der Waals surface area (Å²) in [5.41, 5.74) is 2.45. The van der Waals surface area contributed by atoms with Crippen molar-refractivity contribution in [1.82, 2.24) is 9.55 Å². The monoisotopic (exact) mass is 273 g/mol. The van der Waals surface area contributed by atoms with Crippen LogP contribution in [0.5, 0.6) is 0 Å². The third-order valence-corrected chi connectivity index (χ3v) is 3.07. The fourth-order valence-electron chi connectivity index (χ4n) is 2.27. The fraction of sp³-hybridized carbons (Fsp3) is 0.200. The minimum atomic E-state index is 0. The number of rotatable bonds is 3. The fourth-order valence-corrected chi connectivity index (χ4v) is 2.27. The van der Waals surface area contributed by atoms with Crippen LogP contribution < -0.4 is 17.0 Å². The van der Waals surface area contributed by atoms with Crippen molar-refractivity contribution in [2.75, 3.05) is 0 Å². The number of pyridine rings is 1. The van der Waals surface area contributed by atoms with Crippen LogP contribution in [0, 0.1) is 0 Å². The predicted octanol–water partition coefficient (Wildman–Crippen LogP) is -0.273. The molecule has 0 N–H and O–H groups in total. The number of benzene rings is 1. The third kappa shape index (κ3) is 2.47. The van der Waals surface area contributed by atoms with Gasteiger partial charge in [-0.25, -0.2) is 9.55 Å². The third-order valence-electron chi connectivity index (χ3n) is 3.07. The highest BCUT2D eigenvalue weighted by Crippen LogP contribution is 2.14. The Bertz CT molecular complexity index is 661. The van der Waals surface area contributed by atoms with E-state index < -0.39 is 0 Å². The van der Waals surface area contributed by atoms with Gasteiger partial charge >= 0.3 is 0 Å². The molecule has 4 heteroatoms. The van der Waals surface area contributed by atoms with Crippen LogP contribution in [-0.2, 0) is 6.54 Å². The van der Waals surface area contributed by atoms with Gasteiger partial charge in [0.25, 0.3) is 6.33 Å². The summed E-state index contributed by atoms with van der Waals surface area (Å²) in [6.07, 6.45) is 5.09. The smallest absolute Gasteiger partial charge is 0.251 e. The van der Waals surface area contributed by atoms with Crippen LogP contribution >= 0.6 is 0 Å². The number of halogens is 1. The summed E-state index contributed by atoms with van der Waals surface area (Å²) in [7, 11) is 0. The van der Waals surface area contributed by atoms with Crippen LogP contribution in [-0.4, -0.2) is 9.55 Å². The molecule has 0 saturated carbocycles. The molecule has 3 aromatic rings. The SMILES string of the molecule is CCC[n+]1cn(-c2ccccn2)c2ccccc21.[Cl-]. The van der Waals surface area contributed by atoms with E-state index in [0.29, 0.717) is 0 Å². The first kappa shape index (κ1) is 13.6. The summed E-state index contributed by atoms with van der Waals surface area (Å²) in [5, 5.41) is 0. The van der Waals surface area contributed by atoms with Crippen molar-refractivity contribution in [3.05, 3.63) is 55.0 Å².